The summed E-state index contributed by atoms with van der Waals surface area (Å²) in [5.41, 5.74) is -0.0733. The number of aromatic carboxylic acids is 1. The van der Waals surface area contributed by atoms with Gasteiger partial charge in [0.1, 0.15) is 0 Å². The van der Waals surface area contributed by atoms with E-state index < -0.39 is 21.9 Å². The molecule has 106 valence electrons. The maximum Gasteiger partial charge on any atom is 0.354 e. The molecule has 4 N–H and O–H groups in total. The van der Waals surface area contributed by atoms with Crippen molar-refractivity contribution in [3.8, 4) is 11.1 Å². The van der Waals surface area contributed by atoms with Crippen molar-refractivity contribution in [1.29, 1.82) is 0 Å². The number of halogens is 1. The van der Waals surface area contributed by atoms with Crippen LogP contribution in [0.3, 0.4) is 0 Å². The summed E-state index contributed by atoms with van der Waals surface area (Å²) in [6.45, 7) is 0. The van der Waals surface area contributed by atoms with E-state index in [-0.39, 0.29) is 11.5 Å². The average Bonchev–Trinajstić information content (AvgIpc) is 2.83. The van der Waals surface area contributed by atoms with Crippen molar-refractivity contribution in [2.75, 3.05) is 4.84 Å². The molecule has 20 heavy (non-hydrogen) atoms. The van der Waals surface area contributed by atoms with Crippen molar-refractivity contribution < 1.29 is 18.3 Å². The lowest BCUT2D eigenvalue weighted by Crippen LogP contribution is -2.24. The molecule has 2 aromatic heterocycles. The molecule has 0 aliphatic carbocycles. The molecule has 0 unspecified atom stereocenters. The number of carbonyl (C=O) groups is 1. The van der Waals surface area contributed by atoms with Gasteiger partial charge in [0, 0.05) is 41.5 Å². The van der Waals surface area contributed by atoms with Crippen LogP contribution >= 0.6 is 11.8 Å². The molecule has 0 saturated heterocycles. The molecule has 0 aliphatic heterocycles. The van der Waals surface area contributed by atoms with Gasteiger partial charge in [-0.2, -0.15) is 8.42 Å². The average molecular weight is 318 g/mol. The van der Waals surface area contributed by atoms with Crippen molar-refractivity contribution in [3.63, 3.8) is 0 Å². The van der Waals surface area contributed by atoms with Crippen LogP contribution in [0.15, 0.2) is 24.7 Å². The highest BCUT2D eigenvalue weighted by Gasteiger charge is 2.23. The predicted molar refractivity (Wildman–Crippen MR) is 70.4 cm³/mol. The summed E-state index contributed by atoms with van der Waals surface area (Å²) >= 11 is 5.30. The number of hydrogen-bond acceptors (Lipinski definition) is 6. The molecule has 0 bridgehead atoms. The van der Waals surface area contributed by atoms with Gasteiger partial charge in [0.05, 0.1) is 0 Å². The Kier molecular flexibility index (Phi) is 3.61. The van der Waals surface area contributed by atoms with Gasteiger partial charge in [-0.1, -0.05) is 0 Å². The van der Waals surface area contributed by atoms with Crippen molar-refractivity contribution in [2.45, 2.75) is 0 Å². The van der Waals surface area contributed by atoms with E-state index in [2.05, 4.69) is 14.8 Å². The Morgan fingerprint density at radius 1 is 1.40 bits per heavy atom. The highest BCUT2D eigenvalue weighted by Crippen LogP contribution is 2.25. The van der Waals surface area contributed by atoms with E-state index in [1.165, 1.54) is 18.5 Å². The first-order valence-electron chi connectivity index (χ1n) is 5.01. The van der Waals surface area contributed by atoms with Gasteiger partial charge < -0.3 is 5.11 Å². The summed E-state index contributed by atoms with van der Waals surface area (Å²) in [5.74, 6) is -1.32. The van der Waals surface area contributed by atoms with Crippen LogP contribution in [0.1, 0.15) is 10.5 Å². The first-order valence-corrected chi connectivity index (χ1v) is 6.89. The third kappa shape index (κ3) is 2.57. The molecule has 0 saturated carbocycles. The summed E-state index contributed by atoms with van der Waals surface area (Å²) in [6, 6.07) is 1.29. The molecular formula is C9H8ClN5O4S. The summed E-state index contributed by atoms with van der Waals surface area (Å²) in [5, 5.41) is 14.1. The highest BCUT2D eigenvalue weighted by atomic mass is 35.5. The Labute approximate surface area is 118 Å². The smallest absolute Gasteiger partial charge is 0.354 e. The van der Waals surface area contributed by atoms with Crippen LogP contribution in [0.25, 0.3) is 11.1 Å². The van der Waals surface area contributed by atoms with Crippen molar-refractivity contribution in [1.82, 2.24) is 13.9 Å². The number of nitrogens with two attached hydrogens (primary N) is 1. The summed E-state index contributed by atoms with van der Waals surface area (Å²) in [7, 11) is -4.22. The molecule has 0 radical (unpaired) electrons. The Morgan fingerprint density at radius 3 is 2.45 bits per heavy atom. The van der Waals surface area contributed by atoms with Crippen LogP contribution in [0.4, 0.5) is 5.95 Å². The second-order valence-corrected chi connectivity index (χ2v) is 5.23. The van der Waals surface area contributed by atoms with Gasteiger partial charge in [-0.25, -0.2) is 23.9 Å². The van der Waals surface area contributed by atoms with Crippen LogP contribution in [-0.4, -0.2) is 33.4 Å². The first kappa shape index (κ1) is 14.2. The topological polar surface area (TPSA) is 140 Å². The zero-order valence-electron chi connectivity index (χ0n) is 9.69. The first-order chi connectivity index (χ1) is 9.34. The van der Waals surface area contributed by atoms with E-state index in [1.54, 1.807) is 0 Å². The molecule has 0 amide bonds. The van der Waals surface area contributed by atoms with E-state index in [1.807, 2.05) is 0 Å². The minimum atomic E-state index is -4.22. The molecule has 0 fully saturated rings. The van der Waals surface area contributed by atoms with E-state index >= 15 is 0 Å². The summed E-state index contributed by atoms with van der Waals surface area (Å²) in [4.78, 5) is 21.0. The predicted octanol–water partition coefficient (Wildman–Crippen LogP) is 0.261. The van der Waals surface area contributed by atoms with E-state index in [9.17, 15) is 13.2 Å². The van der Waals surface area contributed by atoms with E-state index in [0.29, 0.717) is 9.54 Å². The lowest BCUT2D eigenvalue weighted by molar-refractivity contribution is 0.0690. The monoisotopic (exact) mass is 317 g/mol. The molecule has 0 atom stereocenters. The lowest BCUT2D eigenvalue weighted by Gasteiger charge is -2.05. The maximum atomic E-state index is 11.3. The number of hydrogen-bond donors (Lipinski definition) is 3. The van der Waals surface area contributed by atoms with Crippen LogP contribution < -0.4 is 9.97 Å². The third-order valence-electron chi connectivity index (χ3n) is 2.38. The number of carboxylic acid groups (broad SMARTS) is 1. The zero-order valence-corrected chi connectivity index (χ0v) is 11.3. The number of anilines is 1. The number of nitrogens with zero attached hydrogens (tertiary/aromatic N) is 3. The molecule has 0 aromatic carbocycles. The highest BCUT2D eigenvalue weighted by molar-refractivity contribution is 7.87. The normalized spacial score (nSPS) is 11.3. The number of nitrogens with one attached hydrogen (secondary N) is 1. The molecule has 2 heterocycles. The maximum absolute atomic E-state index is 11.3. The number of aromatic nitrogens is 3. The molecule has 0 aliphatic rings. The third-order valence-corrected chi connectivity index (χ3v) is 3.40. The van der Waals surface area contributed by atoms with Crippen molar-refractivity contribution >= 4 is 33.9 Å². The van der Waals surface area contributed by atoms with Gasteiger partial charge in [-0.15, -0.1) is 0 Å². The Morgan fingerprint density at radius 2 is 2.00 bits per heavy atom. The van der Waals surface area contributed by atoms with Gasteiger partial charge in [-0.3, -0.25) is 4.84 Å². The fraction of sp³-hybridized carbons (Fsp3) is 0. The van der Waals surface area contributed by atoms with Gasteiger partial charge >= 0.3 is 16.2 Å². The molecule has 11 heteroatoms. The summed E-state index contributed by atoms with van der Waals surface area (Å²) < 4.78 is 23.1. The van der Waals surface area contributed by atoms with Crippen LogP contribution in [-0.2, 0) is 10.2 Å². The van der Waals surface area contributed by atoms with Crippen LogP contribution in [0, 0.1) is 0 Å². The minimum Gasteiger partial charge on any atom is -0.477 e. The molecular weight excluding hydrogens is 310 g/mol. The van der Waals surface area contributed by atoms with Gasteiger partial charge in [0.15, 0.2) is 5.69 Å². The quantitative estimate of drug-likeness (QED) is 0.687. The second-order valence-electron chi connectivity index (χ2n) is 3.61. The Hall–Kier alpha value is -2.17. The molecule has 9 nitrogen and oxygen atoms in total. The van der Waals surface area contributed by atoms with Gasteiger partial charge in [0.25, 0.3) is 0 Å². The van der Waals surface area contributed by atoms with Crippen LogP contribution in [0.2, 0.25) is 0 Å². The van der Waals surface area contributed by atoms with Crippen LogP contribution in [0.5, 0.6) is 0 Å². The zero-order chi connectivity index (χ0) is 14.9. The molecule has 0 spiro atoms. The number of carboxylic acids is 1. The van der Waals surface area contributed by atoms with Crippen molar-refractivity contribution in [3.05, 3.63) is 30.4 Å². The largest absolute Gasteiger partial charge is 0.477 e. The summed E-state index contributed by atoms with van der Waals surface area (Å²) in [6.07, 6.45) is 3.64. The van der Waals surface area contributed by atoms with E-state index in [0.717, 1.165) is 6.20 Å². The Balaban J connectivity index is 2.62. The van der Waals surface area contributed by atoms with Gasteiger partial charge in [-0.05, 0) is 6.07 Å². The SMILES string of the molecule is NS(=O)(=O)n1ccc(-c2cnc(NCl)nc2)c1C(=O)O. The fourth-order valence-corrected chi connectivity index (χ4v) is 2.34. The fourth-order valence-electron chi connectivity index (χ4n) is 1.58. The lowest BCUT2D eigenvalue weighted by atomic mass is 10.1. The second kappa shape index (κ2) is 5.07. The van der Waals surface area contributed by atoms with Crippen molar-refractivity contribution in [2.24, 2.45) is 5.14 Å². The number of rotatable bonds is 4. The Bertz CT molecular complexity index is 755. The van der Waals surface area contributed by atoms with Gasteiger partial charge in [0.2, 0.25) is 5.95 Å². The molecule has 2 rings (SSSR count). The van der Waals surface area contributed by atoms with E-state index in [4.69, 9.17) is 22.0 Å². The minimum absolute atomic E-state index is 0.118. The molecule has 2 aromatic rings. The standard InChI is InChI=1S/C9H8ClN5O4S/c10-14-9-12-3-5(4-13-9)6-1-2-15(20(11,18)19)7(6)8(16)17/h1-4H,(H,16,17)(H2,11,18,19)(H,12,13,14).